The van der Waals surface area contributed by atoms with E-state index in [1.807, 2.05) is 6.92 Å². The quantitative estimate of drug-likeness (QED) is 0.372. The highest BCUT2D eigenvalue weighted by molar-refractivity contribution is 7.86. The Labute approximate surface area is 213 Å². The van der Waals surface area contributed by atoms with Gasteiger partial charge in [-0.1, -0.05) is 33.6 Å². The van der Waals surface area contributed by atoms with Crippen LogP contribution in [0.1, 0.15) is 85.0 Å². The van der Waals surface area contributed by atoms with Gasteiger partial charge in [0.25, 0.3) is 0 Å². The molecule has 2 N–H and O–H groups in total. The van der Waals surface area contributed by atoms with Gasteiger partial charge in [0.15, 0.2) is 16.7 Å². The summed E-state index contributed by atoms with van der Waals surface area (Å²) in [5.74, 6) is 0.235. The summed E-state index contributed by atoms with van der Waals surface area (Å²) in [7, 11) is -5.91. The number of alkyl halides is 2. The van der Waals surface area contributed by atoms with E-state index in [2.05, 4.69) is 18.6 Å². The average molecular weight is 536 g/mol. The number of aliphatic hydroxyl groups excluding tert-OH is 2. The normalized spacial score (nSPS) is 43.7. The van der Waals surface area contributed by atoms with Gasteiger partial charge >= 0.3 is 11.2 Å². The molecule has 0 aliphatic heterocycles. The largest absolute Gasteiger partial charge is 0.743 e. The number of fused-ring (bicyclic) bond motifs is 5. The standard InChI is InChI=1S/C26H42F2O7S/c1-15(7-10-22(31)35-14-26(27,28)36(32,33)34)17-8-9-18-23-19(13-21(30)25(17,18)3)24(2)11-5-4-6-16(24)12-20(23)29/h15-21,23,29-30H,4-14H2,1-3H3,(H,32,33,34)/p-1/t15-,16+,17-,18+,19+,20-,21+,23+,24+,25-/m1/s1. The highest BCUT2D eigenvalue weighted by Gasteiger charge is 2.65. The van der Waals surface area contributed by atoms with Crippen molar-refractivity contribution in [2.45, 2.75) is 102 Å². The number of esters is 1. The van der Waals surface area contributed by atoms with Gasteiger partial charge in [-0.15, -0.1) is 0 Å². The molecule has 0 aromatic rings. The fourth-order valence-electron chi connectivity index (χ4n) is 9.04. The minimum Gasteiger partial charge on any atom is -0.743 e. The van der Waals surface area contributed by atoms with Crippen LogP contribution in [0.4, 0.5) is 8.78 Å². The fourth-order valence-corrected chi connectivity index (χ4v) is 9.25. The van der Waals surface area contributed by atoms with E-state index < -0.39 is 39.5 Å². The second-order valence-electron chi connectivity index (χ2n) is 12.6. The molecule has 4 rings (SSSR count). The summed E-state index contributed by atoms with van der Waals surface area (Å²) >= 11 is 0. The molecular formula is C26H41F2O7S-. The molecule has 7 nitrogen and oxygen atoms in total. The van der Waals surface area contributed by atoms with Crippen LogP contribution >= 0.6 is 0 Å². The molecule has 0 bridgehead atoms. The van der Waals surface area contributed by atoms with Gasteiger partial charge in [-0.05, 0) is 91.3 Å². The number of halogens is 2. The first kappa shape index (κ1) is 28.2. The number of carbonyl (C=O) groups is 1. The summed E-state index contributed by atoms with van der Waals surface area (Å²) in [5.41, 5.74) is -0.259. The van der Waals surface area contributed by atoms with Crippen LogP contribution in [-0.2, 0) is 19.6 Å². The second-order valence-corrected chi connectivity index (χ2v) is 14.1. The minimum atomic E-state index is -5.91. The first-order chi connectivity index (χ1) is 16.6. The molecule has 4 aliphatic carbocycles. The van der Waals surface area contributed by atoms with Crippen LogP contribution in [0.15, 0.2) is 0 Å². The molecule has 0 aromatic carbocycles. The van der Waals surface area contributed by atoms with Crippen LogP contribution in [0.25, 0.3) is 0 Å². The van der Waals surface area contributed by atoms with Crippen LogP contribution in [0.2, 0.25) is 0 Å². The molecule has 0 aromatic heterocycles. The van der Waals surface area contributed by atoms with Gasteiger partial charge in [0.05, 0.1) is 12.2 Å². The lowest BCUT2D eigenvalue weighted by Gasteiger charge is -2.63. The number of ether oxygens (including phenoxy) is 1. The third-order valence-electron chi connectivity index (χ3n) is 11.0. The maximum absolute atomic E-state index is 13.3. The van der Waals surface area contributed by atoms with Crippen molar-refractivity contribution in [3.8, 4) is 0 Å². The molecule has 4 fully saturated rings. The molecule has 0 heterocycles. The number of aliphatic hydroxyl groups is 2. The van der Waals surface area contributed by atoms with Crippen molar-refractivity contribution in [1.29, 1.82) is 0 Å². The van der Waals surface area contributed by atoms with Gasteiger partial charge in [0.2, 0.25) is 0 Å². The van der Waals surface area contributed by atoms with E-state index in [1.165, 1.54) is 12.8 Å². The van der Waals surface area contributed by atoms with Gasteiger partial charge in [-0.25, -0.2) is 8.42 Å². The molecular weight excluding hydrogens is 494 g/mol. The van der Waals surface area contributed by atoms with Gasteiger partial charge in [-0.2, -0.15) is 8.78 Å². The lowest BCUT2D eigenvalue weighted by molar-refractivity contribution is -0.201. The smallest absolute Gasteiger partial charge is 0.367 e. The van der Waals surface area contributed by atoms with Gasteiger partial charge in [0.1, 0.15) is 0 Å². The highest BCUT2D eigenvalue weighted by Crippen LogP contribution is 2.68. The zero-order valence-electron chi connectivity index (χ0n) is 21.5. The number of rotatable bonds is 7. The Hall–Kier alpha value is -0.840. The van der Waals surface area contributed by atoms with Gasteiger partial charge in [0, 0.05) is 6.42 Å². The van der Waals surface area contributed by atoms with Crippen LogP contribution in [0.3, 0.4) is 0 Å². The summed E-state index contributed by atoms with van der Waals surface area (Å²) in [6, 6.07) is 0. The van der Waals surface area contributed by atoms with E-state index in [-0.39, 0.29) is 41.6 Å². The Morgan fingerprint density at radius 2 is 1.83 bits per heavy atom. The minimum absolute atomic E-state index is 0.0127. The van der Waals surface area contributed by atoms with Crippen molar-refractivity contribution in [2.75, 3.05) is 6.61 Å². The topological polar surface area (TPSA) is 124 Å². The Kier molecular flexibility index (Phi) is 7.61. The predicted molar refractivity (Wildman–Crippen MR) is 127 cm³/mol. The number of carbonyl (C=O) groups excluding carboxylic acids is 1. The molecule has 0 unspecified atom stereocenters. The molecule has 4 aliphatic rings. The maximum Gasteiger partial charge on any atom is 0.367 e. The summed E-state index contributed by atoms with van der Waals surface area (Å²) in [5, 5.41) is 18.2. The van der Waals surface area contributed by atoms with Crippen molar-refractivity contribution in [3.63, 3.8) is 0 Å². The van der Waals surface area contributed by atoms with Crippen molar-refractivity contribution in [1.82, 2.24) is 0 Å². The van der Waals surface area contributed by atoms with E-state index >= 15 is 0 Å². The van der Waals surface area contributed by atoms with Gasteiger partial charge in [-0.3, -0.25) is 4.79 Å². The molecule has 0 radical (unpaired) electrons. The molecule has 0 amide bonds. The van der Waals surface area contributed by atoms with Crippen molar-refractivity contribution in [3.05, 3.63) is 0 Å². The van der Waals surface area contributed by atoms with E-state index in [0.29, 0.717) is 24.7 Å². The molecule has 4 saturated carbocycles. The first-order valence-electron chi connectivity index (χ1n) is 13.5. The van der Waals surface area contributed by atoms with E-state index in [0.717, 1.165) is 32.1 Å². The Balaban J connectivity index is 1.42. The van der Waals surface area contributed by atoms with Crippen molar-refractivity contribution in [2.24, 2.45) is 46.3 Å². The second kappa shape index (κ2) is 9.72. The average Bonchev–Trinajstić information content (AvgIpc) is 3.15. The van der Waals surface area contributed by atoms with Crippen molar-refractivity contribution < 1.29 is 41.5 Å². The maximum atomic E-state index is 13.3. The van der Waals surface area contributed by atoms with Gasteiger partial charge < -0.3 is 19.5 Å². The Morgan fingerprint density at radius 1 is 1.14 bits per heavy atom. The van der Waals surface area contributed by atoms with Crippen LogP contribution in [0, 0.1) is 46.3 Å². The molecule has 10 atom stereocenters. The summed E-state index contributed by atoms with van der Waals surface area (Å²) < 4.78 is 62.7. The van der Waals surface area contributed by atoms with Crippen LogP contribution < -0.4 is 0 Å². The summed E-state index contributed by atoms with van der Waals surface area (Å²) in [4.78, 5) is 12.0. The first-order valence-corrected chi connectivity index (χ1v) is 14.9. The van der Waals surface area contributed by atoms with Crippen LogP contribution in [-0.4, -0.2) is 53.2 Å². The Morgan fingerprint density at radius 3 is 2.50 bits per heavy atom. The number of hydrogen-bond acceptors (Lipinski definition) is 7. The molecule has 10 heteroatoms. The fraction of sp³-hybridized carbons (Fsp3) is 0.962. The third-order valence-corrected chi connectivity index (χ3v) is 11.9. The molecule has 36 heavy (non-hydrogen) atoms. The highest BCUT2D eigenvalue weighted by atomic mass is 32.2. The molecule has 0 saturated heterocycles. The zero-order valence-corrected chi connectivity index (χ0v) is 22.3. The summed E-state index contributed by atoms with van der Waals surface area (Å²) in [6.45, 7) is 4.69. The third kappa shape index (κ3) is 4.62. The number of hydrogen-bond donors (Lipinski definition) is 2. The molecule has 208 valence electrons. The monoisotopic (exact) mass is 535 g/mol. The van der Waals surface area contributed by atoms with Crippen LogP contribution in [0.5, 0.6) is 0 Å². The van der Waals surface area contributed by atoms with E-state index in [9.17, 15) is 36.8 Å². The SMILES string of the molecule is C[C@H](CCC(=O)OCC(F)(F)S(=O)(=O)[O-])[C@H]1CC[C@H]2[C@@H]3[C@H](O)C[C@@H]4CCCC[C@]4(C)[C@H]3C[C@H](O)[C@]12C. The summed E-state index contributed by atoms with van der Waals surface area (Å²) in [6.07, 6.45) is 7.24. The molecule has 0 spiro atoms. The van der Waals surface area contributed by atoms with E-state index in [1.54, 1.807) is 0 Å². The lowest BCUT2D eigenvalue weighted by atomic mass is 9.43. The van der Waals surface area contributed by atoms with E-state index in [4.69, 9.17) is 0 Å². The lowest BCUT2D eigenvalue weighted by Crippen LogP contribution is -2.61. The predicted octanol–water partition coefficient (Wildman–Crippen LogP) is 4.07. The van der Waals surface area contributed by atoms with Crippen molar-refractivity contribution >= 4 is 16.1 Å². The zero-order chi connectivity index (χ0) is 26.7. The Bertz CT molecular complexity index is 943.